The van der Waals surface area contributed by atoms with E-state index in [0.717, 1.165) is 24.1 Å². The summed E-state index contributed by atoms with van der Waals surface area (Å²) in [5, 5.41) is 5.76. The van der Waals surface area contributed by atoms with Crippen molar-refractivity contribution < 1.29 is 0 Å². The van der Waals surface area contributed by atoms with Crippen molar-refractivity contribution in [2.45, 2.75) is 32.7 Å². The number of rotatable bonds is 6. The third-order valence-electron chi connectivity index (χ3n) is 3.32. The molecule has 106 valence electrons. The summed E-state index contributed by atoms with van der Waals surface area (Å²) < 4.78 is 0. The van der Waals surface area contributed by atoms with Gasteiger partial charge < -0.3 is 11.1 Å². The first-order valence-corrected chi connectivity index (χ1v) is 8.11. The second-order valence-corrected chi connectivity index (χ2v) is 6.28. The van der Waals surface area contributed by atoms with Crippen molar-refractivity contribution in [2.24, 2.45) is 5.73 Å². The molecule has 1 aromatic carbocycles. The summed E-state index contributed by atoms with van der Waals surface area (Å²) >= 11 is 6.95. The van der Waals surface area contributed by atoms with Gasteiger partial charge in [-0.1, -0.05) is 43.8 Å². The molecule has 0 radical (unpaired) electrons. The Labute approximate surface area is 130 Å². The standard InChI is InChI=1S/C16H20N2S2/c1-3-6-13(14-9-5-10-20-14)18-15-11(2)7-4-8-12(15)16(17)19/h4-5,7-10,13,18H,3,6H2,1-2H3,(H2,17,19). The third-order valence-corrected chi connectivity index (χ3v) is 4.53. The maximum Gasteiger partial charge on any atom is 0.106 e. The molecule has 0 bridgehead atoms. The highest BCUT2D eigenvalue weighted by atomic mass is 32.1. The topological polar surface area (TPSA) is 38.0 Å². The van der Waals surface area contributed by atoms with E-state index in [-0.39, 0.29) is 0 Å². The Morgan fingerprint density at radius 1 is 1.35 bits per heavy atom. The molecule has 20 heavy (non-hydrogen) atoms. The normalized spacial score (nSPS) is 12.1. The predicted molar refractivity (Wildman–Crippen MR) is 92.7 cm³/mol. The van der Waals surface area contributed by atoms with Crippen molar-refractivity contribution >= 4 is 34.2 Å². The SMILES string of the molecule is CCCC(Nc1c(C)cccc1C(N)=S)c1cccs1. The van der Waals surface area contributed by atoms with Gasteiger partial charge in [-0.05, 0) is 36.4 Å². The Hall–Kier alpha value is -1.39. The van der Waals surface area contributed by atoms with Crippen molar-refractivity contribution in [2.75, 3.05) is 5.32 Å². The van der Waals surface area contributed by atoms with E-state index in [0.29, 0.717) is 11.0 Å². The van der Waals surface area contributed by atoms with E-state index in [1.165, 1.54) is 10.4 Å². The maximum atomic E-state index is 5.85. The minimum atomic E-state index is 0.314. The van der Waals surface area contributed by atoms with Crippen LogP contribution >= 0.6 is 23.6 Å². The highest BCUT2D eigenvalue weighted by Crippen LogP contribution is 2.30. The van der Waals surface area contributed by atoms with Gasteiger partial charge in [0.2, 0.25) is 0 Å². The van der Waals surface area contributed by atoms with Crippen molar-refractivity contribution in [1.82, 2.24) is 0 Å². The first-order chi connectivity index (χ1) is 9.63. The Balaban J connectivity index is 2.34. The molecular weight excluding hydrogens is 284 g/mol. The van der Waals surface area contributed by atoms with Crippen molar-refractivity contribution in [1.29, 1.82) is 0 Å². The zero-order chi connectivity index (χ0) is 14.5. The fourth-order valence-electron chi connectivity index (χ4n) is 2.30. The summed E-state index contributed by atoms with van der Waals surface area (Å²) in [7, 11) is 0. The number of thiophene rings is 1. The summed E-state index contributed by atoms with van der Waals surface area (Å²) in [6.07, 6.45) is 2.22. The monoisotopic (exact) mass is 304 g/mol. The molecule has 1 atom stereocenters. The van der Waals surface area contributed by atoms with Crippen LogP contribution in [-0.4, -0.2) is 4.99 Å². The molecule has 0 aliphatic carbocycles. The molecule has 0 aliphatic rings. The van der Waals surface area contributed by atoms with Gasteiger partial charge in [0.05, 0.1) is 6.04 Å². The molecule has 0 aliphatic heterocycles. The number of nitrogens with one attached hydrogen (secondary N) is 1. The van der Waals surface area contributed by atoms with E-state index in [9.17, 15) is 0 Å². The first kappa shape index (κ1) is 15.0. The van der Waals surface area contributed by atoms with Gasteiger partial charge in [0.1, 0.15) is 4.99 Å². The lowest BCUT2D eigenvalue weighted by Gasteiger charge is -2.22. The van der Waals surface area contributed by atoms with Gasteiger partial charge in [0, 0.05) is 16.1 Å². The quantitative estimate of drug-likeness (QED) is 0.763. The number of hydrogen-bond donors (Lipinski definition) is 2. The van der Waals surface area contributed by atoms with Crippen LogP contribution in [-0.2, 0) is 0 Å². The molecule has 1 aromatic heterocycles. The summed E-state index contributed by atoms with van der Waals surface area (Å²) in [6.45, 7) is 4.29. The minimum Gasteiger partial charge on any atom is -0.389 e. The lowest BCUT2D eigenvalue weighted by molar-refractivity contribution is 0.687. The zero-order valence-corrected chi connectivity index (χ0v) is 13.5. The molecule has 3 N–H and O–H groups in total. The number of benzene rings is 1. The van der Waals surface area contributed by atoms with Crippen LogP contribution in [0, 0.1) is 6.92 Å². The summed E-state index contributed by atoms with van der Waals surface area (Å²) in [6, 6.07) is 10.6. The summed E-state index contributed by atoms with van der Waals surface area (Å²) in [5.74, 6) is 0. The number of thiocarbonyl (C=S) groups is 1. The second-order valence-electron chi connectivity index (χ2n) is 4.86. The molecule has 0 fully saturated rings. The van der Waals surface area contributed by atoms with Crippen molar-refractivity contribution in [3.63, 3.8) is 0 Å². The third kappa shape index (κ3) is 3.38. The molecule has 1 heterocycles. The van der Waals surface area contributed by atoms with Gasteiger partial charge in [-0.3, -0.25) is 0 Å². The van der Waals surface area contributed by atoms with Crippen molar-refractivity contribution in [3.05, 3.63) is 51.7 Å². The van der Waals surface area contributed by atoms with Crippen LogP contribution in [0.5, 0.6) is 0 Å². The summed E-state index contributed by atoms with van der Waals surface area (Å²) in [4.78, 5) is 1.79. The van der Waals surface area contributed by atoms with Gasteiger partial charge in [-0.25, -0.2) is 0 Å². The van der Waals surface area contributed by atoms with E-state index >= 15 is 0 Å². The zero-order valence-electron chi connectivity index (χ0n) is 11.8. The Morgan fingerprint density at radius 2 is 2.15 bits per heavy atom. The van der Waals surface area contributed by atoms with Gasteiger partial charge in [-0.15, -0.1) is 11.3 Å². The molecule has 1 unspecified atom stereocenters. The fraction of sp³-hybridized carbons (Fsp3) is 0.312. The Kier molecular flexibility index (Phi) is 5.15. The van der Waals surface area contributed by atoms with E-state index in [4.69, 9.17) is 18.0 Å². The van der Waals surface area contributed by atoms with Crippen LogP contribution in [0.3, 0.4) is 0 Å². The van der Waals surface area contributed by atoms with Gasteiger partial charge in [-0.2, -0.15) is 0 Å². The van der Waals surface area contributed by atoms with Crippen LogP contribution in [0.1, 0.15) is 41.8 Å². The average Bonchev–Trinajstić information content (AvgIpc) is 2.93. The molecule has 2 aromatic rings. The Morgan fingerprint density at radius 3 is 2.75 bits per heavy atom. The highest BCUT2D eigenvalue weighted by Gasteiger charge is 2.15. The lowest BCUT2D eigenvalue weighted by atomic mass is 10.0. The fourth-order valence-corrected chi connectivity index (χ4v) is 3.29. The average molecular weight is 304 g/mol. The molecule has 0 amide bonds. The number of nitrogens with two attached hydrogens (primary N) is 1. The molecule has 0 spiro atoms. The van der Waals surface area contributed by atoms with Crippen LogP contribution in [0.4, 0.5) is 5.69 Å². The molecule has 2 rings (SSSR count). The van der Waals surface area contributed by atoms with Crippen LogP contribution < -0.4 is 11.1 Å². The number of hydrogen-bond acceptors (Lipinski definition) is 3. The number of aryl methyl sites for hydroxylation is 1. The minimum absolute atomic E-state index is 0.314. The Bertz CT molecular complexity index is 576. The molecule has 4 heteroatoms. The largest absolute Gasteiger partial charge is 0.389 e. The van der Waals surface area contributed by atoms with E-state index in [1.54, 1.807) is 11.3 Å². The van der Waals surface area contributed by atoms with Gasteiger partial charge in [0.25, 0.3) is 0 Å². The smallest absolute Gasteiger partial charge is 0.106 e. The first-order valence-electron chi connectivity index (χ1n) is 6.82. The van der Waals surface area contributed by atoms with Crippen LogP contribution in [0.25, 0.3) is 0 Å². The lowest BCUT2D eigenvalue weighted by Crippen LogP contribution is -2.17. The summed E-state index contributed by atoms with van der Waals surface area (Å²) in [5.41, 5.74) is 9.01. The van der Waals surface area contributed by atoms with Gasteiger partial charge >= 0.3 is 0 Å². The molecular formula is C16H20N2S2. The number of para-hydroxylation sites is 1. The predicted octanol–water partition coefficient (Wildman–Crippen LogP) is 4.64. The molecule has 2 nitrogen and oxygen atoms in total. The van der Waals surface area contributed by atoms with E-state index in [2.05, 4.69) is 42.7 Å². The van der Waals surface area contributed by atoms with Crippen LogP contribution in [0.2, 0.25) is 0 Å². The van der Waals surface area contributed by atoms with Crippen molar-refractivity contribution in [3.8, 4) is 0 Å². The second kappa shape index (κ2) is 6.86. The highest BCUT2D eigenvalue weighted by molar-refractivity contribution is 7.80. The van der Waals surface area contributed by atoms with Gasteiger partial charge in [0.15, 0.2) is 0 Å². The molecule has 0 saturated heterocycles. The van der Waals surface area contributed by atoms with E-state index < -0.39 is 0 Å². The van der Waals surface area contributed by atoms with Crippen LogP contribution in [0.15, 0.2) is 35.7 Å². The van der Waals surface area contributed by atoms with E-state index in [1.807, 2.05) is 12.1 Å². The maximum absolute atomic E-state index is 5.85. The molecule has 0 saturated carbocycles. The number of anilines is 1.